The van der Waals surface area contributed by atoms with E-state index < -0.39 is 36.7 Å². The maximum Gasteiger partial charge on any atom is 0.526 e. The van der Waals surface area contributed by atoms with E-state index >= 15 is 8.63 Å². The molecule has 3 heterocycles. The fourth-order valence-corrected chi connectivity index (χ4v) is 13.0. The molecule has 1 aromatic heterocycles. The molecular formula is C78H66BF2N4O8-. The lowest BCUT2D eigenvalue weighted by Gasteiger charge is -2.41. The number of fused-ring (bicyclic) bond motifs is 1. The van der Waals surface area contributed by atoms with Crippen LogP contribution in [-0.4, -0.2) is 41.2 Å². The number of amides is 2. The largest absolute Gasteiger partial charge is 0.526 e. The third-order valence-corrected chi connectivity index (χ3v) is 17.2. The van der Waals surface area contributed by atoms with Gasteiger partial charge in [0.05, 0.1) is 16.8 Å². The average molecular weight is 1240 g/mol. The van der Waals surface area contributed by atoms with Crippen LogP contribution in [0.5, 0.6) is 5.75 Å². The van der Waals surface area contributed by atoms with Crippen molar-refractivity contribution < 1.29 is 46.8 Å². The quantitative estimate of drug-likeness (QED) is 0.0208. The number of ether oxygens (including phenoxy) is 3. The molecule has 0 atom stereocenters. The Morgan fingerprint density at radius 1 is 0.602 bits per heavy atom. The minimum Gasteiger partial charge on any atom is -0.483 e. The summed E-state index contributed by atoms with van der Waals surface area (Å²) in [6.07, 6.45) is 0.922. The number of para-hydroxylation sites is 2. The second kappa shape index (κ2) is 26.0. The Morgan fingerprint density at radius 3 is 1.72 bits per heavy atom. The van der Waals surface area contributed by atoms with Crippen LogP contribution < -0.4 is 19.8 Å². The molecule has 0 bridgehead atoms. The number of aromatic nitrogens is 1. The van der Waals surface area contributed by atoms with E-state index in [1.165, 1.54) is 11.8 Å². The summed E-state index contributed by atoms with van der Waals surface area (Å²) in [4.78, 5) is 74.0. The van der Waals surface area contributed by atoms with Gasteiger partial charge >= 0.3 is 24.9 Å². The number of esters is 3. The molecule has 2 amide bonds. The lowest BCUT2D eigenvalue weighted by atomic mass is 9.80. The van der Waals surface area contributed by atoms with Crippen molar-refractivity contribution in [2.45, 2.75) is 74.0 Å². The van der Waals surface area contributed by atoms with Gasteiger partial charge in [0.1, 0.15) is 19.0 Å². The Kier molecular flexibility index (Phi) is 17.3. The van der Waals surface area contributed by atoms with Crippen LogP contribution in [0.15, 0.2) is 241 Å². The van der Waals surface area contributed by atoms with Crippen LogP contribution in [0.1, 0.15) is 108 Å². The standard InChI is InChI=1S/C78H66BF2N4O8/c1-48(2)68(77(89)91-46-55-22-12-8-13-23-55)51(5)73-72(74-52(6)70(53(7)85(74)79(80,81)82-73)78(90)92-47-56-24-14-9-15-25-56)69-49(3)44-62(45-50(69)4)93-67(86)33-20-26-54-34-38-61(39-35-54)84-75(87)65-32-21-31-64-63(42-43-66(71(64)65)76(84)88)57-36-40-60(41-37-57)83(58-27-16-10-17-28-58)59-29-18-11-19-30-59/h8-19,21-25,27-32,34-45,82H,1,20,26,33,46-47H2,2-7H3/q-1/b68-51+. The van der Waals surface area contributed by atoms with Gasteiger partial charge in [-0.05, 0) is 199 Å². The molecular weight excluding hydrogens is 1170 g/mol. The Morgan fingerprint density at radius 2 is 1.14 bits per heavy atom. The summed E-state index contributed by atoms with van der Waals surface area (Å²) >= 11 is 0. The molecule has 93 heavy (non-hydrogen) atoms. The van der Waals surface area contributed by atoms with Gasteiger partial charge in [-0.1, -0.05) is 146 Å². The molecule has 10 aromatic rings. The molecule has 12 rings (SSSR count). The molecule has 2 aliphatic rings. The van der Waals surface area contributed by atoms with Gasteiger partial charge < -0.3 is 37.4 Å². The van der Waals surface area contributed by atoms with Gasteiger partial charge in [0.2, 0.25) is 0 Å². The van der Waals surface area contributed by atoms with Crippen molar-refractivity contribution in [2.24, 2.45) is 0 Å². The van der Waals surface area contributed by atoms with Crippen LogP contribution in [0.3, 0.4) is 0 Å². The minimum atomic E-state index is -4.70. The third-order valence-electron chi connectivity index (χ3n) is 17.2. The molecule has 464 valence electrons. The zero-order valence-electron chi connectivity index (χ0n) is 52.4. The summed E-state index contributed by atoms with van der Waals surface area (Å²) in [6, 6.07) is 66.5. The highest BCUT2D eigenvalue weighted by atomic mass is 19.2. The Labute approximate surface area is 538 Å². The number of hydrogen-bond acceptors (Lipinski definition) is 10. The van der Waals surface area contributed by atoms with Gasteiger partial charge in [-0.2, -0.15) is 0 Å². The van der Waals surface area contributed by atoms with Crippen molar-refractivity contribution >= 4 is 75.8 Å². The Bertz CT molecular complexity index is 4600. The van der Waals surface area contributed by atoms with E-state index in [0.717, 1.165) is 54.7 Å². The molecule has 0 fully saturated rings. The highest BCUT2D eigenvalue weighted by Gasteiger charge is 2.43. The summed E-state index contributed by atoms with van der Waals surface area (Å²) in [7, 11) is 0. The van der Waals surface area contributed by atoms with E-state index in [4.69, 9.17) is 14.2 Å². The highest BCUT2D eigenvalue weighted by Crippen LogP contribution is 2.46. The average Bonchev–Trinajstić information content (AvgIpc) is 1.66. The van der Waals surface area contributed by atoms with Crippen molar-refractivity contribution in [2.75, 3.05) is 9.80 Å². The fraction of sp³-hybridized carbons (Fsp3) is 0.141. The topological polar surface area (TPSA) is 136 Å². The summed E-state index contributed by atoms with van der Waals surface area (Å²) in [5, 5.41) is 3.92. The van der Waals surface area contributed by atoms with Crippen molar-refractivity contribution in [3.05, 3.63) is 308 Å². The number of hydrogen-bond donors (Lipinski definition) is 1. The van der Waals surface area contributed by atoms with Crippen LogP contribution >= 0.6 is 0 Å². The number of benzene rings is 9. The predicted molar refractivity (Wildman–Crippen MR) is 362 cm³/mol. The molecule has 9 aromatic carbocycles. The summed E-state index contributed by atoms with van der Waals surface area (Å²) in [5.74, 6) is -2.68. The maximum atomic E-state index is 17.1. The first-order valence-corrected chi connectivity index (χ1v) is 30.8. The van der Waals surface area contributed by atoms with E-state index in [2.05, 4.69) is 65.2 Å². The molecule has 0 radical (unpaired) electrons. The fourth-order valence-electron chi connectivity index (χ4n) is 13.0. The van der Waals surface area contributed by atoms with E-state index in [9.17, 15) is 24.0 Å². The van der Waals surface area contributed by atoms with Crippen LogP contribution in [-0.2, 0) is 38.7 Å². The van der Waals surface area contributed by atoms with E-state index in [-0.39, 0.29) is 75.9 Å². The molecule has 12 nitrogen and oxygen atoms in total. The number of rotatable bonds is 19. The number of imide groups is 1. The predicted octanol–water partition coefficient (Wildman–Crippen LogP) is 17.3. The summed E-state index contributed by atoms with van der Waals surface area (Å²) in [5.41, 5.74) is 10.9. The van der Waals surface area contributed by atoms with E-state index in [1.54, 1.807) is 95.3 Å². The first kappa shape index (κ1) is 62.0. The molecule has 0 saturated heterocycles. The number of allylic oxidation sites excluding steroid dienone is 1. The first-order chi connectivity index (χ1) is 44.9. The molecule has 0 saturated carbocycles. The summed E-state index contributed by atoms with van der Waals surface area (Å²) in [6.45, 7) is 8.99. The van der Waals surface area contributed by atoms with E-state index in [0.29, 0.717) is 51.7 Å². The normalized spacial score (nSPS) is 13.4. The van der Waals surface area contributed by atoms with Crippen LogP contribution in [0.25, 0.3) is 27.5 Å². The lowest BCUT2D eigenvalue weighted by Crippen LogP contribution is -2.53. The van der Waals surface area contributed by atoms with Crippen LogP contribution in [0, 0.1) is 27.7 Å². The maximum absolute atomic E-state index is 17.1. The zero-order valence-corrected chi connectivity index (χ0v) is 52.4. The third kappa shape index (κ3) is 12.2. The number of halogens is 2. The monoisotopic (exact) mass is 1240 g/mol. The molecule has 1 N–H and O–H groups in total. The number of nitrogens with zero attached hydrogens (tertiary/aromatic N) is 3. The number of nitrogens with one attached hydrogen (secondary N) is 1. The molecule has 2 aliphatic heterocycles. The second-order valence-electron chi connectivity index (χ2n) is 23.5. The minimum absolute atomic E-state index is 0.00757. The lowest BCUT2D eigenvalue weighted by molar-refractivity contribution is -0.140. The Balaban J connectivity index is 0.761. The molecule has 0 spiro atoms. The Hall–Kier alpha value is -11.2. The van der Waals surface area contributed by atoms with Crippen LogP contribution in [0.2, 0.25) is 0 Å². The SMILES string of the molecule is C=C(C)/C(C(=O)OCc1ccccc1)=C(/C)C1=C(c2c(C)cc(OC(=O)CCCc3ccc(N4C(=O)c5cccc6c(-c7ccc(N(c8ccccc8)c8ccccc8)cc7)ccc(c56)C4=O)cc3)cc2C)c2c(C)c(C(=O)OCc3ccccc3)c(C)n2[B-](F)(F)N1. The van der Waals surface area contributed by atoms with Gasteiger partial charge in [0.15, 0.2) is 0 Å². The van der Waals surface area contributed by atoms with E-state index in [1.807, 2.05) is 103 Å². The smallest absolute Gasteiger partial charge is 0.483 e. The molecule has 15 heteroatoms. The number of anilines is 4. The van der Waals surface area contributed by atoms with Gasteiger partial charge in [-0.25, -0.2) is 14.5 Å². The van der Waals surface area contributed by atoms with Crippen molar-refractivity contribution in [1.82, 2.24) is 9.71 Å². The number of aryl methyl sites for hydroxylation is 3. The van der Waals surface area contributed by atoms with Gasteiger partial charge in [-0.15, -0.1) is 0 Å². The van der Waals surface area contributed by atoms with Crippen molar-refractivity contribution in [3.8, 4) is 16.9 Å². The van der Waals surface area contributed by atoms with Gasteiger partial charge in [0, 0.05) is 57.0 Å². The molecule has 0 aliphatic carbocycles. The van der Waals surface area contributed by atoms with Crippen LogP contribution in [0.4, 0.5) is 31.4 Å². The van der Waals surface area contributed by atoms with Gasteiger partial charge in [0.25, 0.3) is 11.8 Å². The molecule has 0 unspecified atom stereocenters. The second-order valence-corrected chi connectivity index (χ2v) is 23.5. The van der Waals surface area contributed by atoms with Gasteiger partial charge in [-0.3, -0.25) is 14.4 Å². The van der Waals surface area contributed by atoms with Crippen molar-refractivity contribution in [3.63, 3.8) is 0 Å². The number of carbonyl (C=O) groups excluding carboxylic acids is 5. The first-order valence-electron chi connectivity index (χ1n) is 30.8. The summed E-state index contributed by atoms with van der Waals surface area (Å²) < 4.78 is 52.6. The van der Waals surface area contributed by atoms with Crippen molar-refractivity contribution in [1.29, 1.82) is 0 Å². The highest BCUT2D eigenvalue weighted by molar-refractivity contribution is 6.63. The number of carbonyl (C=O) groups is 5. The zero-order chi connectivity index (χ0) is 65.2.